The maximum absolute atomic E-state index is 11.5. The van der Waals surface area contributed by atoms with Gasteiger partial charge >= 0.3 is 0 Å². The molecule has 0 saturated heterocycles. The molecule has 0 fully saturated rings. The summed E-state index contributed by atoms with van der Waals surface area (Å²) in [5.74, 6) is 0.623. The van der Waals surface area contributed by atoms with Crippen LogP contribution in [0, 0.1) is 0 Å². The minimum Gasteiger partial charge on any atom is -0.447 e. The van der Waals surface area contributed by atoms with Crippen LogP contribution >= 0.6 is 0 Å². The Morgan fingerprint density at radius 2 is 2.00 bits per heavy atom. The Morgan fingerprint density at radius 1 is 1.25 bits per heavy atom. The number of furan rings is 1. The molecule has 0 spiro atoms. The molecule has 0 aliphatic rings. The highest BCUT2D eigenvalue weighted by Crippen LogP contribution is 2.12. The zero-order valence-electron chi connectivity index (χ0n) is 12.5. The molecule has 6 nitrogen and oxygen atoms in total. The predicted molar refractivity (Wildman–Crippen MR) is 79.1 cm³/mol. The normalized spacial score (nSPS) is 12.2. The number of hydrogen-bond acceptors (Lipinski definition) is 5. The van der Waals surface area contributed by atoms with Crippen molar-refractivity contribution in [2.45, 2.75) is 31.9 Å². The van der Waals surface area contributed by atoms with Crippen molar-refractivity contribution in [1.29, 1.82) is 0 Å². The van der Waals surface area contributed by atoms with Gasteiger partial charge < -0.3 is 14.6 Å². The van der Waals surface area contributed by atoms with Crippen LogP contribution in [0.4, 0.5) is 0 Å². The smallest absolute Gasteiger partial charge is 0.273 e. The lowest BCUT2D eigenvalue weighted by atomic mass is 10.4. The molecule has 1 heterocycles. The van der Waals surface area contributed by atoms with Crippen LogP contribution in [-0.4, -0.2) is 46.5 Å². The molecule has 2 N–H and O–H groups in total. The highest BCUT2D eigenvalue weighted by molar-refractivity contribution is 7.89. The fourth-order valence-corrected chi connectivity index (χ4v) is 2.56. The highest BCUT2D eigenvalue weighted by Gasteiger charge is 2.15. The Labute approximate surface area is 121 Å². The molecule has 0 saturated carbocycles. The van der Waals surface area contributed by atoms with Gasteiger partial charge in [0.15, 0.2) is 0 Å². The molecule has 0 radical (unpaired) electrons. The van der Waals surface area contributed by atoms with Gasteiger partial charge in [0.1, 0.15) is 5.76 Å². The van der Waals surface area contributed by atoms with Crippen molar-refractivity contribution in [2.75, 3.05) is 33.2 Å². The van der Waals surface area contributed by atoms with Crippen LogP contribution in [0.25, 0.3) is 0 Å². The van der Waals surface area contributed by atoms with Gasteiger partial charge in [-0.05, 0) is 38.7 Å². The van der Waals surface area contributed by atoms with Crippen molar-refractivity contribution in [2.24, 2.45) is 0 Å². The summed E-state index contributed by atoms with van der Waals surface area (Å²) in [5, 5.41) is 3.21. The van der Waals surface area contributed by atoms with Crippen LogP contribution in [0.2, 0.25) is 0 Å². The monoisotopic (exact) mass is 303 g/mol. The topological polar surface area (TPSA) is 74.6 Å². The quantitative estimate of drug-likeness (QED) is 0.631. The zero-order valence-corrected chi connectivity index (χ0v) is 13.3. The third kappa shape index (κ3) is 5.24. The molecule has 1 rings (SSSR count). The summed E-state index contributed by atoms with van der Waals surface area (Å²) in [5.41, 5.74) is 0. The van der Waals surface area contributed by atoms with E-state index in [9.17, 15) is 8.42 Å². The minimum atomic E-state index is -3.49. The standard InChI is InChI=1S/C13H25N3O3S/c1-4-9-16(5-2)10-8-15-11-12-6-7-13(19-12)20(17,18)14-3/h6-7,14-15H,4-5,8-11H2,1-3H3. The molecule has 0 aromatic carbocycles. The maximum atomic E-state index is 11.5. The number of nitrogens with one attached hydrogen (secondary N) is 2. The van der Waals surface area contributed by atoms with Crippen LogP contribution < -0.4 is 10.0 Å². The first kappa shape index (κ1) is 17.2. The summed E-state index contributed by atoms with van der Waals surface area (Å²) in [6, 6.07) is 3.15. The lowest BCUT2D eigenvalue weighted by Crippen LogP contribution is -2.32. The summed E-state index contributed by atoms with van der Waals surface area (Å²) in [6.07, 6.45) is 1.15. The maximum Gasteiger partial charge on any atom is 0.273 e. The average Bonchev–Trinajstić information content (AvgIpc) is 2.92. The van der Waals surface area contributed by atoms with E-state index in [0.29, 0.717) is 12.3 Å². The highest BCUT2D eigenvalue weighted by atomic mass is 32.2. The molecule has 7 heteroatoms. The van der Waals surface area contributed by atoms with Gasteiger partial charge in [-0.3, -0.25) is 0 Å². The second-order valence-electron chi connectivity index (χ2n) is 4.54. The Morgan fingerprint density at radius 3 is 2.60 bits per heavy atom. The van der Waals surface area contributed by atoms with Gasteiger partial charge in [0.25, 0.3) is 10.0 Å². The van der Waals surface area contributed by atoms with Crippen molar-refractivity contribution in [3.8, 4) is 0 Å². The third-order valence-electron chi connectivity index (χ3n) is 3.06. The van der Waals surface area contributed by atoms with Crippen molar-refractivity contribution in [1.82, 2.24) is 14.9 Å². The molecular formula is C13H25N3O3S. The van der Waals surface area contributed by atoms with E-state index in [0.717, 1.165) is 32.6 Å². The van der Waals surface area contributed by atoms with E-state index in [1.165, 1.54) is 13.1 Å². The molecular weight excluding hydrogens is 278 g/mol. The van der Waals surface area contributed by atoms with Crippen LogP contribution in [0.1, 0.15) is 26.0 Å². The number of hydrogen-bond donors (Lipinski definition) is 2. The summed E-state index contributed by atoms with van der Waals surface area (Å²) in [6.45, 7) is 8.82. The molecule has 0 unspecified atom stereocenters. The first-order valence-corrected chi connectivity index (χ1v) is 8.47. The molecule has 0 atom stereocenters. The van der Waals surface area contributed by atoms with E-state index in [1.807, 2.05) is 0 Å². The average molecular weight is 303 g/mol. The zero-order chi connectivity index (χ0) is 15.0. The first-order chi connectivity index (χ1) is 9.53. The van der Waals surface area contributed by atoms with Gasteiger partial charge in [-0.25, -0.2) is 13.1 Å². The number of nitrogens with zero attached hydrogens (tertiary/aromatic N) is 1. The molecule has 1 aromatic rings. The van der Waals surface area contributed by atoms with E-state index in [2.05, 4.69) is 28.8 Å². The van der Waals surface area contributed by atoms with Crippen LogP contribution in [0.3, 0.4) is 0 Å². The Balaban J connectivity index is 2.36. The fraction of sp³-hybridized carbons (Fsp3) is 0.692. The number of sulfonamides is 1. The first-order valence-electron chi connectivity index (χ1n) is 6.98. The van der Waals surface area contributed by atoms with Gasteiger partial charge in [-0.2, -0.15) is 0 Å². The van der Waals surface area contributed by atoms with E-state index < -0.39 is 10.0 Å². The second-order valence-corrected chi connectivity index (χ2v) is 6.36. The molecule has 0 amide bonds. The second kappa shape index (κ2) is 8.41. The minimum absolute atomic E-state index is 0.0435. The predicted octanol–water partition coefficient (Wildman–Crippen LogP) is 1.01. The Hall–Kier alpha value is -0.890. The molecule has 20 heavy (non-hydrogen) atoms. The Kier molecular flexibility index (Phi) is 7.22. The van der Waals surface area contributed by atoms with Gasteiger partial charge in [-0.15, -0.1) is 0 Å². The Bertz CT molecular complexity index is 485. The summed E-state index contributed by atoms with van der Waals surface area (Å²) >= 11 is 0. The fourth-order valence-electron chi connectivity index (χ4n) is 1.89. The summed E-state index contributed by atoms with van der Waals surface area (Å²) < 4.78 is 30.5. The number of likely N-dealkylation sites (N-methyl/N-ethyl adjacent to an activating group) is 1. The summed E-state index contributed by atoms with van der Waals surface area (Å²) in [7, 11) is -2.12. The lowest BCUT2D eigenvalue weighted by Gasteiger charge is -2.19. The molecule has 0 aliphatic heterocycles. The van der Waals surface area contributed by atoms with Crippen LogP contribution in [-0.2, 0) is 16.6 Å². The van der Waals surface area contributed by atoms with E-state index in [4.69, 9.17) is 4.42 Å². The van der Waals surface area contributed by atoms with E-state index in [1.54, 1.807) is 6.07 Å². The number of rotatable bonds is 10. The lowest BCUT2D eigenvalue weighted by molar-refractivity contribution is 0.285. The van der Waals surface area contributed by atoms with E-state index >= 15 is 0 Å². The van der Waals surface area contributed by atoms with Crippen molar-refractivity contribution >= 4 is 10.0 Å². The molecule has 116 valence electrons. The van der Waals surface area contributed by atoms with Gasteiger partial charge in [0, 0.05) is 13.1 Å². The van der Waals surface area contributed by atoms with Crippen molar-refractivity contribution < 1.29 is 12.8 Å². The van der Waals surface area contributed by atoms with Crippen molar-refractivity contribution in [3.05, 3.63) is 17.9 Å². The van der Waals surface area contributed by atoms with Gasteiger partial charge in [0.05, 0.1) is 6.54 Å². The summed E-state index contributed by atoms with van der Waals surface area (Å²) in [4.78, 5) is 2.37. The third-order valence-corrected chi connectivity index (χ3v) is 4.35. The molecule has 1 aromatic heterocycles. The van der Waals surface area contributed by atoms with Gasteiger partial charge in [0.2, 0.25) is 5.09 Å². The molecule has 0 bridgehead atoms. The SMILES string of the molecule is CCCN(CC)CCNCc1ccc(S(=O)(=O)NC)o1. The van der Waals surface area contributed by atoms with Crippen molar-refractivity contribution in [3.63, 3.8) is 0 Å². The molecule has 0 aliphatic carbocycles. The van der Waals surface area contributed by atoms with Gasteiger partial charge in [-0.1, -0.05) is 13.8 Å². The largest absolute Gasteiger partial charge is 0.447 e. The van der Waals surface area contributed by atoms with Crippen LogP contribution in [0.15, 0.2) is 21.6 Å². The van der Waals surface area contributed by atoms with Crippen LogP contribution in [0.5, 0.6) is 0 Å². The van der Waals surface area contributed by atoms with E-state index in [-0.39, 0.29) is 5.09 Å².